The Kier molecular flexibility index (Phi) is 5.32. The van der Waals surface area contributed by atoms with Crippen LogP contribution in [0.4, 0.5) is 13.2 Å². The zero-order valence-corrected chi connectivity index (χ0v) is 12.6. The largest absolute Gasteiger partial charge is 0.492 e. The molecular formula is C14H17BrF3NO. The van der Waals surface area contributed by atoms with E-state index in [0.717, 1.165) is 23.1 Å². The van der Waals surface area contributed by atoms with Gasteiger partial charge in [0.1, 0.15) is 5.75 Å². The standard InChI is InChI=1S/C14H17BrF3NO/c15-12-3-1-2-4-13(12)20-9-11-5-7-19(8-6-11)10-14(16,17)18/h1-4,11H,5-10H2. The number of halogens is 4. The highest BCUT2D eigenvalue weighted by Crippen LogP contribution is 2.26. The number of hydrogen-bond donors (Lipinski definition) is 0. The van der Waals surface area contributed by atoms with Gasteiger partial charge in [0, 0.05) is 0 Å². The summed E-state index contributed by atoms with van der Waals surface area (Å²) >= 11 is 3.41. The quantitative estimate of drug-likeness (QED) is 0.809. The first-order valence-corrected chi connectivity index (χ1v) is 7.40. The van der Waals surface area contributed by atoms with Crippen LogP contribution in [0.1, 0.15) is 12.8 Å². The van der Waals surface area contributed by atoms with Crippen molar-refractivity contribution in [1.29, 1.82) is 0 Å². The smallest absolute Gasteiger partial charge is 0.401 e. The predicted molar refractivity (Wildman–Crippen MR) is 74.9 cm³/mol. The normalized spacial score (nSPS) is 18.2. The number of alkyl halides is 3. The van der Waals surface area contributed by atoms with Crippen molar-refractivity contribution in [3.63, 3.8) is 0 Å². The summed E-state index contributed by atoms with van der Waals surface area (Å²) in [7, 11) is 0. The average Bonchev–Trinajstić information content (AvgIpc) is 2.38. The van der Waals surface area contributed by atoms with Crippen molar-refractivity contribution >= 4 is 15.9 Å². The number of rotatable bonds is 4. The molecule has 0 N–H and O–H groups in total. The third kappa shape index (κ3) is 4.98. The Morgan fingerprint density at radius 3 is 2.45 bits per heavy atom. The molecule has 2 nitrogen and oxygen atoms in total. The Balaban J connectivity index is 1.74. The second-order valence-corrected chi connectivity index (χ2v) is 5.93. The van der Waals surface area contributed by atoms with Gasteiger partial charge in [-0.1, -0.05) is 12.1 Å². The van der Waals surface area contributed by atoms with Crippen molar-refractivity contribution in [1.82, 2.24) is 4.90 Å². The first-order chi connectivity index (χ1) is 9.44. The molecule has 0 amide bonds. The van der Waals surface area contributed by atoms with E-state index in [1.54, 1.807) is 0 Å². The predicted octanol–water partition coefficient (Wildman–Crippen LogP) is 4.10. The van der Waals surface area contributed by atoms with Crippen LogP contribution in [0.15, 0.2) is 28.7 Å². The summed E-state index contributed by atoms with van der Waals surface area (Å²) in [6, 6.07) is 7.59. The van der Waals surface area contributed by atoms with E-state index in [1.165, 1.54) is 4.90 Å². The maximum atomic E-state index is 12.3. The van der Waals surface area contributed by atoms with Gasteiger partial charge in [0.2, 0.25) is 0 Å². The minimum atomic E-state index is -4.10. The number of likely N-dealkylation sites (tertiary alicyclic amines) is 1. The highest BCUT2D eigenvalue weighted by Gasteiger charge is 2.32. The Bertz CT molecular complexity index is 431. The first-order valence-electron chi connectivity index (χ1n) is 6.60. The van der Waals surface area contributed by atoms with E-state index in [-0.39, 0.29) is 0 Å². The monoisotopic (exact) mass is 351 g/mol. The molecule has 112 valence electrons. The van der Waals surface area contributed by atoms with Crippen LogP contribution in [0.2, 0.25) is 0 Å². The van der Waals surface area contributed by atoms with E-state index < -0.39 is 12.7 Å². The van der Waals surface area contributed by atoms with E-state index in [9.17, 15) is 13.2 Å². The summed E-state index contributed by atoms with van der Waals surface area (Å²) in [6.45, 7) is 0.736. The van der Waals surface area contributed by atoms with Gasteiger partial charge in [-0.3, -0.25) is 4.90 Å². The third-order valence-electron chi connectivity index (χ3n) is 3.42. The number of ether oxygens (including phenoxy) is 1. The van der Waals surface area contributed by atoms with E-state index >= 15 is 0 Å². The summed E-state index contributed by atoms with van der Waals surface area (Å²) < 4.78 is 43.5. The lowest BCUT2D eigenvalue weighted by molar-refractivity contribution is -0.148. The fourth-order valence-corrected chi connectivity index (χ4v) is 2.73. The van der Waals surface area contributed by atoms with Gasteiger partial charge in [-0.15, -0.1) is 0 Å². The van der Waals surface area contributed by atoms with Crippen molar-refractivity contribution in [2.75, 3.05) is 26.2 Å². The SMILES string of the molecule is FC(F)(F)CN1CCC(COc2ccccc2Br)CC1. The molecule has 0 spiro atoms. The second kappa shape index (κ2) is 6.80. The molecule has 1 heterocycles. The minimum absolute atomic E-state index is 0.326. The van der Waals surface area contributed by atoms with Gasteiger partial charge >= 0.3 is 6.18 Å². The van der Waals surface area contributed by atoms with Gasteiger partial charge in [0.25, 0.3) is 0 Å². The van der Waals surface area contributed by atoms with Crippen molar-refractivity contribution in [3.05, 3.63) is 28.7 Å². The van der Waals surface area contributed by atoms with Gasteiger partial charge in [-0.2, -0.15) is 13.2 Å². The Labute approximate surface area is 125 Å². The second-order valence-electron chi connectivity index (χ2n) is 5.08. The van der Waals surface area contributed by atoms with Crippen LogP contribution >= 0.6 is 15.9 Å². The van der Waals surface area contributed by atoms with Crippen LogP contribution in [-0.4, -0.2) is 37.3 Å². The molecule has 6 heteroatoms. The van der Waals surface area contributed by atoms with Gasteiger partial charge in [0.15, 0.2) is 0 Å². The Morgan fingerprint density at radius 2 is 1.85 bits per heavy atom. The number of piperidine rings is 1. The number of benzene rings is 1. The summed E-state index contributed by atoms with van der Waals surface area (Å²) in [5, 5.41) is 0. The molecular weight excluding hydrogens is 335 g/mol. The number of nitrogens with zero attached hydrogens (tertiary/aromatic N) is 1. The molecule has 0 bridgehead atoms. The summed E-state index contributed by atoms with van der Waals surface area (Å²) in [6.07, 6.45) is -2.60. The van der Waals surface area contributed by atoms with Gasteiger partial charge in [0.05, 0.1) is 17.6 Å². The molecule has 1 aliphatic heterocycles. The summed E-state index contributed by atoms with van der Waals surface area (Å²) in [5.41, 5.74) is 0. The van der Waals surface area contributed by atoms with E-state index in [0.29, 0.717) is 25.6 Å². The molecule has 2 rings (SSSR count). The molecule has 0 aliphatic carbocycles. The van der Waals surface area contributed by atoms with Crippen LogP contribution in [0.25, 0.3) is 0 Å². The van der Waals surface area contributed by atoms with E-state index in [1.807, 2.05) is 24.3 Å². The van der Waals surface area contributed by atoms with Crippen LogP contribution < -0.4 is 4.74 Å². The minimum Gasteiger partial charge on any atom is -0.492 e. The lowest BCUT2D eigenvalue weighted by Crippen LogP contribution is -2.41. The van der Waals surface area contributed by atoms with E-state index in [2.05, 4.69) is 15.9 Å². The summed E-state index contributed by atoms with van der Waals surface area (Å²) in [4.78, 5) is 1.47. The van der Waals surface area contributed by atoms with Crippen LogP contribution in [0, 0.1) is 5.92 Å². The van der Waals surface area contributed by atoms with E-state index in [4.69, 9.17) is 4.74 Å². The Hall–Kier alpha value is -0.750. The molecule has 1 aromatic carbocycles. The molecule has 1 saturated heterocycles. The zero-order chi connectivity index (χ0) is 14.6. The number of hydrogen-bond acceptors (Lipinski definition) is 2. The highest BCUT2D eigenvalue weighted by atomic mass is 79.9. The molecule has 0 saturated carbocycles. The fraction of sp³-hybridized carbons (Fsp3) is 0.571. The third-order valence-corrected chi connectivity index (χ3v) is 4.08. The maximum absolute atomic E-state index is 12.3. The van der Waals surface area contributed by atoms with Crippen molar-refractivity contribution in [2.24, 2.45) is 5.92 Å². The van der Waals surface area contributed by atoms with Crippen molar-refractivity contribution in [3.8, 4) is 5.75 Å². The van der Waals surface area contributed by atoms with Crippen LogP contribution in [0.3, 0.4) is 0 Å². The highest BCUT2D eigenvalue weighted by molar-refractivity contribution is 9.10. The Morgan fingerprint density at radius 1 is 1.20 bits per heavy atom. The lowest BCUT2D eigenvalue weighted by Gasteiger charge is -2.32. The summed E-state index contributed by atoms with van der Waals surface area (Å²) in [5.74, 6) is 1.11. The first kappa shape index (κ1) is 15.6. The molecule has 0 radical (unpaired) electrons. The molecule has 0 unspecified atom stereocenters. The van der Waals surface area contributed by atoms with Gasteiger partial charge in [-0.05, 0) is 59.9 Å². The van der Waals surface area contributed by atoms with Crippen molar-refractivity contribution < 1.29 is 17.9 Å². The van der Waals surface area contributed by atoms with Gasteiger partial charge < -0.3 is 4.74 Å². The maximum Gasteiger partial charge on any atom is 0.401 e. The van der Waals surface area contributed by atoms with Gasteiger partial charge in [-0.25, -0.2) is 0 Å². The molecule has 0 aromatic heterocycles. The molecule has 20 heavy (non-hydrogen) atoms. The van der Waals surface area contributed by atoms with Crippen LogP contribution in [-0.2, 0) is 0 Å². The fourth-order valence-electron chi connectivity index (χ4n) is 2.33. The number of para-hydroxylation sites is 1. The average molecular weight is 352 g/mol. The molecule has 1 aromatic rings. The molecule has 1 fully saturated rings. The zero-order valence-electron chi connectivity index (χ0n) is 11.0. The van der Waals surface area contributed by atoms with Crippen molar-refractivity contribution in [2.45, 2.75) is 19.0 Å². The lowest BCUT2D eigenvalue weighted by atomic mass is 9.98. The van der Waals surface area contributed by atoms with Crippen LogP contribution in [0.5, 0.6) is 5.75 Å². The molecule has 0 atom stereocenters. The molecule has 1 aliphatic rings. The topological polar surface area (TPSA) is 12.5 Å².